The van der Waals surface area contributed by atoms with Crippen molar-refractivity contribution in [3.63, 3.8) is 0 Å². The predicted octanol–water partition coefficient (Wildman–Crippen LogP) is 5.10. The average molecular weight is 331 g/mol. The van der Waals surface area contributed by atoms with Gasteiger partial charge in [0.25, 0.3) is 0 Å². The smallest absolute Gasteiger partial charge is 0.225 e. The van der Waals surface area contributed by atoms with Crippen molar-refractivity contribution < 1.29 is 9.53 Å². The van der Waals surface area contributed by atoms with Crippen molar-refractivity contribution in [2.45, 2.75) is 32.3 Å². The molecule has 3 heteroatoms. The molecule has 0 radical (unpaired) electrons. The first-order valence-corrected chi connectivity index (χ1v) is 8.70. The quantitative estimate of drug-likeness (QED) is 0.725. The Morgan fingerprint density at radius 2 is 1.76 bits per heavy atom. The Morgan fingerprint density at radius 1 is 1.00 bits per heavy atom. The van der Waals surface area contributed by atoms with Crippen molar-refractivity contribution in [3.8, 4) is 5.75 Å². The number of para-hydroxylation sites is 1. The molecule has 3 nitrogen and oxygen atoms in total. The largest absolute Gasteiger partial charge is 0.491 e. The van der Waals surface area contributed by atoms with E-state index in [4.69, 9.17) is 4.74 Å². The lowest BCUT2D eigenvalue weighted by atomic mass is 9.81. The maximum absolute atomic E-state index is 12.3. The van der Waals surface area contributed by atoms with Crippen molar-refractivity contribution in [2.75, 3.05) is 5.32 Å². The molecule has 1 aliphatic rings. The van der Waals surface area contributed by atoms with Crippen LogP contribution in [0.2, 0.25) is 0 Å². The summed E-state index contributed by atoms with van der Waals surface area (Å²) in [6, 6.07) is 20.5. The number of amides is 1. The van der Waals surface area contributed by atoms with Crippen LogP contribution in [0.1, 0.15) is 37.3 Å². The summed E-state index contributed by atoms with van der Waals surface area (Å²) >= 11 is 0. The van der Waals surface area contributed by atoms with Gasteiger partial charge in [-0.05, 0) is 42.3 Å². The lowest BCUT2D eigenvalue weighted by molar-refractivity contribution is -0.116. The second kappa shape index (κ2) is 6.25. The van der Waals surface area contributed by atoms with Crippen LogP contribution in [0.25, 0.3) is 10.8 Å². The molecular weight excluding hydrogens is 310 g/mol. The van der Waals surface area contributed by atoms with Gasteiger partial charge in [0, 0.05) is 23.6 Å². The highest BCUT2D eigenvalue weighted by atomic mass is 16.5. The number of hydrogen-bond donors (Lipinski definition) is 1. The van der Waals surface area contributed by atoms with Crippen molar-refractivity contribution in [2.24, 2.45) is 0 Å². The fourth-order valence-electron chi connectivity index (χ4n) is 3.66. The maximum Gasteiger partial charge on any atom is 0.225 e. The number of carbonyl (C=O) groups excluding carboxylic acids is 1. The number of carbonyl (C=O) groups is 1. The Balaban J connectivity index is 1.94. The minimum absolute atomic E-state index is 0.00944. The standard InChI is InChI=1S/C22H21NO2/c1-14(2)25-20-10-6-5-9-17(20)18-13-21(24)23-19-12-11-15-7-3-4-8-16(15)22(18)19/h3-12,14,18H,13H2,1-2H3,(H,23,24). The van der Waals surface area contributed by atoms with Gasteiger partial charge in [0.1, 0.15) is 5.75 Å². The van der Waals surface area contributed by atoms with E-state index < -0.39 is 0 Å². The van der Waals surface area contributed by atoms with Crippen molar-refractivity contribution >= 4 is 22.4 Å². The zero-order chi connectivity index (χ0) is 17.4. The van der Waals surface area contributed by atoms with Gasteiger partial charge < -0.3 is 10.1 Å². The van der Waals surface area contributed by atoms with Crippen molar-refractivity contribution in [3.05, 3.63) is 71.8 Å². The highest BCUT2D eigenvalue weighted by Crippen LogP contribution is 2.44. The molecule has 126 valence electrons. The molecule has 0 aromatic heterocycles. The highest BCUT2D eigenvalue weighted by Gasteiger charge is 2.30. The zero-order valence-electron chi connectivity index (χ0n) is 14.5. The van der Waals surface area contributed by atoms with Gasteiger partial charge in [0.05, 0.1) is 6.10 Å². The van der Waals surface area contributed by atoms with Crippen LogP contribution in [0.5, 0.6) is 5.75 Å². The Bertz CT molecular complexity index is 946. The fraction of sp³-hybridized carbons (Fsp3) is 0.227. The average Bonchev–Trinajstić information content (AvgIpc) is 2.60. The van der Waals surface area contributed by atoms with E-state index in [2.05, 4.69) is 29.6 Å². The third kappa shape index (κ3) is 2.86. The number of fused-ring (bicyclic) bond motifs is 3. The molecule has 1 N–H and O–H groups in total. The molecular formula is C22H21NO2. The minimum Gasteiger partial charge on any atom is -0.491 e. The Labute approximate surface area is 147 Å². The molecule has 25 heavy (non-hydrogen) atoms. The Kier molecular flexibility index (Phi) is 3.92. The summed E-state index contributed by atoms with van der Waals surface area (Å²) in [4.78, 5) is 12.3. The van der Waals surface area contributed by atoms with Crippen LogP contribution in [-0.4, -0.2) is 12.0 Å². The Morgan fingerprint density at radius 3 is 2.60 bits per heavy atom. The van der Waals surface area contributed by atoms with Crippen LogP contribution in [0.15, 0.2) is 60.7 Å². The summed E-state index contributed by atoms with van der Waals surface area (Å²) in [5, 5.41) is 5.40. The fourth-order valence-corrected chi connectivity index (χ4v) is 3.66. The van der Waals surface area contributed by atoms with Crippen LogP contribution in [0.3, 0.4) is 0 Å². The van der Waals surface area contributed by atoms with E-state index in [9.17, 15) is 4.79 Å². The van der Waals surface area contributed by atoms with Gasteiger partial charge >= 0.3 is 0 Å². The summed E-state index contributed by atoms with van der Waals surface area (Å²) in [6.45, 7) is 4.04. The molecule has 1 aliphatic heterocycles. The van der Waals surface area contributed by atoms with Gasteiger partial charge in [0.15, 0.2) is 0 Å². The first-order chi connectivity index (χ1) is 12.1. The van der Waals surface area contributed by atoms with E-state index in [-0.39, 0.29) is 17.9 Å². The molecule has 4 rings (SSSR count). The van der Waals surface area contributed by atoms with E-state index in [0.29, 0.717) is 6.42 Å². The number of benzene rings is 3. The molecule has 1 amide bonds. The van der Waals surface area contributed by atoms with Gasteiger partial charge in [0.2, 0.25) is 5.91 Å². The second-order valence-electron chi connectivity index (χ2n) is 6.76. The topological polar surface area (TPSA) is 38.3 Å². The molecule has 0 bridgehead atoms. The molecule has 1 unspecified atom stereocenters. The summed E-state index contributed by atoms with van der Waals surface area (Å²) < 4.78 is 6.03. The molecule has 1 heterocycles. The van der Waals surface area contributed by atoms with Gasteiger partial charge in [-0.15, -0.1) is 0 Å². The third-order valence-corrected chi connectivity index (χ3v) is 4.64. The third-order valence-electron chi connectivity index (χ3n) is 4.64. The number of nitrogens with one attached hydrogen (secondary N) is 1. The summed E-state index contributed by atoms with van der Waals surface area (Å²) in [7, 11) is 0. The molecule has 3 aromatic rings. The molecule has 0 spiro atoms. The maximum atomic E-state index is 12.3. The normalized spacial score (nSPS) is 16.6. The van der Waals surface area contributed by atoms with Crippen molar-refractivity contribution in [1.29, 1.82) is 0 Å². The highest BCUT2D eigenvalue weighted by molar-refractivity contribution is 6.01. The number of ether oxygens (including phenoxy) is 1. The van der Waals surface area contributed by atoms with Gasteiger partial charge in [-0.3, -0.25) is 4.79 Å². The van der Waals surface area contributed by atoms with E-state index in [0.717, 1.165) is 17.0 Å². The number of hydrogen-bond acceptors (Lipinski definition) is 2. The van der Waals surface area contributed by atoms with Crippen LogP contribution >= 0.6 is 0 Å². The van der Waals surface area contributed by atoms with Gasteiger partial charge in [-0.25, -0.2) is 0 Å². The lowest BCUT2D eigenvalue weighted by Gasteiger charge is -2.29. The zero-order valence-corrected chi connectivity index (χ0v) is 14.5. The first-order valence-electron chi connectivity index (χ1n) is 8.70. The second-order valence-corrected chi connectivity index (χ2v) is 6.76. The van der Waals surface area contributed by atoms with Crippen molar-refractivity contribution in [1.82, 2.24) is 0 Å². The number of rotatable bonds is 3. The molecule has 1 atom stereocenters. The van der Waals surface area contributed by atoms with E-state index in [1.54, 1.807) is 0 Å². The summed E-state index contributed by atoms with van der Waals surface area (Å²) in [5.41, 5.74) is 3.15. The first kappa shape index (κ1) is 15.7. The van der Waals surface area contributed by atoms with Gasteiger partial charge in [-0.1, -0.05) is 48.5 Å². The molecule has 0 fully saturated rings. The van der Waals surface area contributed by atoms with Crippen LogP contribution < -0.4 is 10.1 Å². The van der Waals surface area contributed by atoms with Crippen LogP contribution in [0, 0.1) is 0 Å². The lowest BCUT2D eigenvalue weighted by Crippen LogP contribution is -2.24. The van der Waals surface area contributed by atoms with Gasteiger partial charge in [-0.2, -0.15) is 0 Å². The Hall–Kier alpha value is -2.81. The predicted molar refractivity (Wildman–Crippen MR) is 101 cm³/mol. The monoisotopic (exact) mass is 331 g/mol. The molecule has 0 saturated heterocycles. The molecule has 0 saturated carbocycles. The van der Waals surface area contributed by atoms with E-state index >= 15 is 0 Å². The molecule has 3 aromatic carbocycles. The minimum atomic E-state index is -0.00944. The van der Waals surface area contributed by atoms with Crippen LogP contribution in [-0.2, 0) is 4.79 Å². The summed E-state index contributed by atoms with van der Waals surface area (Å²) in [6.07, 6.45) is 0.519. The molecule has 0 aliphatic carbocycles. The van der Waals surface area contributed by atoms with E-state index in [1.165, 1.54) is 16.3 Å². The number of anilines is 1. The summed E-state index contributed by atoms with van der Waals surface area (Å²) in [5.74, 6) is 0.896. The SMILES string of the molecule is CC(C)Oc1ccccc1C1CC(=O)Nc2ccc3ccccc3c21. The van der Waals surface area contributed by atoms with E-state index in [1.807, 2.05) is 50.2 Å². The van der Waals surface area contributed by atoms with Crippen LogP contribution in [0.4, 0.5) is 5.69 Å².